The van der Waals surface area contributed by atoms with Gasteiger partial charge in [-0.05, 0) is 18.8 Å². The van der Waals surface area contributed by atoms with E-state index in [0.29, 0.717) is 18.4 Å². The Morgan fingerprint density at radius 1 is 1.33 bits per heavy atom. The predicted octanol–water partition coefficient (Wildman–Crippen LogP) is 0.276. The van der Waals surface area contributed by atoms with Crippen molar-refractivity contribution in [2.45, 2.75) is 18.9 Å². The van der Waals surface area contributed by atoms with E-state index in [1.165, 1.54) is 14.2 Å². The van der Waals surface area contributed by atoms with Crippen LogP contribution in [0, 0.1) is 23.2 Å². The fourth-order valence-corrected chi connectivity index (χ4v) is 4.13. The third-order valence-electron chi connectivity index (χ3n) is 4.84. The first kappa shape index (κ1) is 11.7. The molecule has 5 aliphatic carbocycles. The average molecular weight is 252 g/mol. The number of aliphatic hydroxyl groups is 1. The van der Waals surface area contributed by atoms with Gasteiger partial charge in [-0.2, -0.15) is 0 Å². The lowest BCUT2D eigenvalue weighted by Crippen LogP contribution is -2.67. The largest absolute Gasteiger partial charge is 0.469 e. The molecule has 3 saturated carbocycles. The van der Waals surface area contributed by atoms with E-state index in [9.17, 15) is 14.7 Å². The number of hydrogen-bond donors (Lipinski definition) is 1. The topological polar surface area (TPSA) is 72.8 Å². The second-order valence-corrected chi connectivity index (χ2v) is 5.47. The van der Waals surface area contributed by atoms with E-state index in [1.54, 1.807) is 6.08 Å². The SMILES string of the molecule is COC(=O)C1=C[C@H]2C[C@@]3(C(=O)OC)C[C@@H]([C@H]2O)[C@@H]13. The summed E-state index contributed by atoms with van der Waals surface area (Å²) in [6.45, 7) is 0. The second-order valence-electron chi connectivity index (χ2n) is 5.47. The molecule has 0 aliphatic heterocycles. The zero-order chi connectivity index (χ0) is 13.1. The molecule has 5 nitrogen and oxygen atoms in total. The molecule has 5 aliphatic rings. The van der Waals surface area contributed by atoms with E-state index in [4.69, 9.17) is 9.47 Å². The van der Waals surface area contributed by atoms with Gasteiger partial charge in [0.25, 0.3) is 0 Å². The molecule has 0 aromatic rings. The first-order valence-electron chi connectivity index (χ1n) is 6.11. The van der Waals surface area contributed by atoms with Crippen LogP contribution in [0.1, 0.15) is 12.8 Å². The van der Waals surface area contributed by atoms with E-state index in [-0.39, 0.29) is 23.7 Å². The summed E-state index contributed by atoms with van der Waals surface area (Å²) >= 11 is 0. The molecule has 0 spiro atoms. The Balaban J connectivity index is 2.01. The second kappa shape index (κ2) is 3.57. The maximum absolute atomic E-state index is 12.0. The van der Waals surface area contributed by atoms with Crippen molar-refractivity contribution in [1.82, 2.24) is 0 Å². The Hall–Kier alpha value is -1.36. The highest BCUT2D eigenvalue weighted by Crippen LogP contribution is 2.67. The lowest BCUT2D eigenvalue weighted by molar-refractivity contribution is -0.205. The van der Waals surface area contributed by atoms with Gasteiger partial charge in [0.2, 0.25) is 0 Å². The number of esters is 2. The van der Waals surface area contributed by atoms with Crippen LogP contribution in [-0.4, -0.2) is 37.4 Å². The quantitative estimate of drug-likeness (QED) is 0.714. The summed E-state index contributed by atoms with van der Waals surface area (Å²) in [7, 11) is 2.70. The van der Waals surface area contributed by atoms with Crippen molar-refractivity contribution >= 4 is 11.9 Å². The van der Waals surface area contributed by atoms with Crippen molar-refractivity contribution < 1.29 is 24.2 Å². The Morgan fingerprint density at radius 2 is 2.06 bits per heavy atom. The van der Waals surface area contributed by atoms with Crippen LogP contribution in [0.5, 0.6) is 0 Å². The molecule has 4 bridgehead atoms. The minimum Gasteiger partial charge on any atom is -0.469 e. The van der Waals surface area contributed by atoms with E-state index in [2.05, 4.69) is 0 Å². The van der Waals surface area contributed by atoms with Gasteiger partial charge in [0.1, 0.15) is 0 Å². The summed E-state index contributed by atoms with van der Waals surface area (Å²) < 4.78 is 9.64. The van der Waals surface area contributed by atoms with Gasteiger partial charge in [-0.15, -0.1) is 0 Å². The van der Waals surface area contributed by atoms with E-state index >= 15 is 0 Å². The molecule has 0 aromatic heterocycles. The molecular weight excluding hydrogens is 236 g/mol. The minimum absolute atomic E-state index is 0.0121. The Kier molecular flexibility index (Phi) is 2.32. The highest BCUT2D eigenvalue weighted by Gasteiger charge is 2.70. The molecule has 1 N–H and O–H groups in total. The van der Waals surface area contributed by atoms with Crippen LogP contribution in [0.3, 0.4) is 0 Å². The summed E-state index contributed by atoms with van der Waals surface area (Å²) in [5, 5.41) is 10.1. The van der Waals surface area contributed by atoms with Crippen LogP contribution in [0.4, 0.5) is 0 Å². The van der Waals surface area contributed by atoms with E-state index < -0.39 is 17.5 Å². The van der Waals surface area contributed by atoms with E-state index in [1.807, 2.05) is 0 Å². The smallest absolute Gasteiger partial charge is 0.333 e. The van der Waals surface area contributed by atoms with Crippen molar-refractivity contribution in [3.8, 4) is 0 Å². The zero-order valence-electron chi connectivity index (χ0n) is 10.4. The van der Waals surface area contributed by atoms with Gasteiger partial charge >= 0.3 is 11.9 Å². The highest BCUT2D eigenvalue weighted by atomic mass is 16.5. The van der Waals surface area contributed by atoms with Gasteiger partial charge in [0, 0.05) is 17.4 Å². The molecule has 5 rings (SSSR count). The van der Waals surface area contributed by atoms with Crippen molar-refractivity contribution in [1.29, 1.82) is 0 Å². The minimum atomic E-state index is -0.610. The summed E-state index contributed by atoms with van der Waals surface area (Å²) in [6, 6.07) is 0. The number of aliphatic hydroxyl groups excluding tert-OH is 1. The van der Waals surface area contributed by atoms with Gasteiger partial charge in [0.05, 0.1) is 25.7 Å². The molecule has 5 atom stereocenters. The number of ether oxygens (including phenoxy) is 2. The molecule has 98 valence electrons. The normalized spacial score (nSPS) is 43.8. The third-order valence-corrected chi connectivity index (χ3v) is 4.84. The Morgan fingerprint density at radius 3 is 2.61 bits per heavy atom. The van der Waals surface area contributed by atoms with Gasteiger partial charge in [-0.25, -0.2) is 4.79 Å². The lowest BCUT2D eigenvalue weighted by Gasteiger charge is -2.64. The Labute approximate surface area is 105 Å². The molecule has 0 unspecified atom stereocenters. The van der Waals surface area contributed by atoms with Crippen molar-refractivity contribution in [3.63, 3.8) is 0 Å². The summed E-state index contributed by atoms with van der Waals surface area (Å²) in [4.78, 5) is 23.8. The zero-order valence-corrected chi connectivity index (χ0v) is 10.4. The van der Waals surface area contributed by atoms with Crippen molar-refractivity contribution in [2.75, 3.05) is 14.2 Å². The van der Waals surface area contributed by atoms with Gasteiger partial charge in [0.15, 0.2) is 0 Å². The standard InChI is InChI=1S/C13H16O5/c1-17-11(15)7-3-6-4-13(12(16)18-2)5-8(9(7)13)10(6)14/h3,6,8-10,14H,4-5H2,1-2H3/t6-,8+,9+,10-,13+/m0/s1. The van der Waals surface area contributed by atoms with Crippen molar-refractivity contribution in [2.24, 2.45) is 23.2 Å². The predicted molar refractivity (Wildman–Crippen MR) is 60.3 cm³/mol. The monoisotopic (exact) mass is 252 g/mol. The summed E-state index contributed by atoms with van der Waals surface area (Å²) in [6.07, 6.45) is 2.51. The number of carbonyl (C=O) groups excluding carboxylic acids is 2. The van der Waals surface area contributed by atoms with Crippen LogP contribution in [0.2, 0.25) is 0 Å². The molecule has 3 fully saturated rings. The molecule has 0 heterocycles. The van der Waals surface area contributed by atoms with Crippen LogP contribution < -0.4 is 0 Å². The fraction of sp³-hybridized carbons (Fsp3) is 0.692. The van der Waals surface area contributed by atoms with Crippen LogP contribution >= 0.6 is 0 Å². The molecule has 0 radical (unpaired) electrons. The van der Waals surface area contributed by atoms with Crippen LogP contribution in [0.15, 0.2) is 11.6 Å². The van der Waals surface area contributed by atoms with Gasteiger partial charge in [-0.3, -0.25) is 4.79 Å². The van der Waals surface area contributed by atoms with Crippen molar-refractivity contribution in [3.05, 3.63) is 11.6 Å². The average Bonchev–Trinajstić information content (AvgIpc) is 2.36. The van der Waals surface area contributed by atoms with Crippen LogP contribution in [0.25, 0.3) is 0 Å². The van der Waals surface area contributed by atoms with Gasteiger partial charge in [-0.1, -0.05) is 6.08 Å². The molecule has 5 heteroatoms. The van der Waals surface area contributed by atoms with Gasteiger partial charge < -0.3 is 14.6 Å². The molecule has 0 amide bonds. The number of hydrogen-bond acceptors (Lipinski definition) is 5. The third kappa shape index (κ3) is 1.15. The first-order valence-corrected chi connectivity index (χ1v) is 6.11. The summed E-state index contributed by atoms with van der Waals surface area (Å²) in [5.74, 6) is -1.05. The molecule has 0 aromatic carbocycles. The number of methoxy groups -OCH3 is 2. The maximum atomic E-state index is 12.0. The highest BCUT2D eigenvalue weighted by molar-refractivity contribution is 5.93. The Bertz CT molecular complexity index is 454. The molecule has 18 heavy (non-hydrogen) atoms. The lowest BCUT2D eigenvalue weighted by atomic mass is 9.39. The first-order chi connectivity index (χ1) is 8.55. The maximum Gasteiger partial charge on any atom is 0.333 e. The number of rotatable bonds is 2. The molecular formula is C13H16O5. The fourth-order valence-electron chi connectivity index (χ4n) is 4.13. The molecule has 0 saturated heterocycles. The van der Waals surface area contributed by atoms with E-state index in [0.717, 1.165) is 0 Å². The van der Waals surface area contributed by atoms with Crippen LogP contribution in [-0.2, 0) is 19.1 Å². The summed E-state index contributed by atoms with van der Waals surface area (Å²) in [5.41, 5.74) is -0.0672. The number of carbonyl (C=O) groups is 2.